The SMILES string of the molecule is CC1=C[C@H](OC=C2C(=O)N(C)[C@H]3c4cc(C(=O)O)ccc4C[C@H]23)OC1=O. The summed E-state index contributed by atoms with van der Waals surface area (Å²) in [5.41, 5.74) is 3.06. The number of carbonyl (C=O) groups excluding carboxylic acids is 2. The molecule has 1 aromatic carbocycles. The maximum atomic E-state index is 12.6. The van der Waals surface area contributed by atoms with E-state index in [0.29, 0.717) is 17.6 Å². The van der Waals surface area contributed by atoms with Crippen molar-refractivity contribution >= 4 is 17.8 Å². The number of benzene rings is 1. The lowest BCUT2D eigenvalue weighted by atomic mass is 9.97. The predicted molar refractivity (Wildman–Crippen MR) is 88.9 cm³/mol. The molecule has 1 amide bonds. The Bertz CT molecular complexity index is 899. The van der Waals surface area contributed by atoms with Crippen LogP contribution < -0.4 is 0 Å². The number of carbonyl (C=O) groups is 3. The Morgan fingerprint density at radius 1 is 1.38 bits per heavy atom. The van der Waals surface area contributed by atoms with Gasteiger partial charge in [0.25, 0.3) is 12.2 Å². The Labute approximate surface area is 149 Å². The number of esters is 1. The number of carboxylic acid groups (broad SMARTS) is 1. The van der Waals surface area contributed by atoms with E-state index >= 15 is 0 Å². The van der Waals surface area contributed by atoms with Gasteiger partial charge in [0.2, 0.25) is 0 Å². The first-order chi connectivity index (χ1) is 12.4. The van der Waals surface area contributed by atoms with Crippen molar-refractivity contribution in [3.8, 4) is 0 Å². The number of likely N-dealkylation sites (N-methyl/N-ethyl adjacent to an activating group) is 1. The van der Waals surface area contributed by atoms with E-state index < -0.39 is 18.2 Å². The largest absolute Gasteiger partial charge is 0.478 e. The van der Waals surface area contributed by atoms with Crippen LogP contribution in [0.15, 0.2) is 41.7 Å². The van der Waals surface area contributed by atoms with Crippen LogP contribution >= 0.6 is 0 Å². The molecule has 0 radical (unpaired) electrons. The van der Waals surface area contributed by atoms with Gasteiger partial charge in [0.1, 0.15) is 0 Å². The highest BCUT2D eigenvalue weighted by molar-refractivity contribution is 5.97. The molecule has 7 nitrogen and oxygen atoms in total. The summed E-state index contributed by atoms with van der Waals surface area (Å²) in [6.45, 7) is 1.64. The Kier molecular flexibility index (Phi) is 3.61. The average Bonchev–Trinajstić information content (AvgIpc) is 3.20. The van der Waals surface area contributed by atoms with E-state index in [0.717, 1.165) is 11.1 Å². The molecular weight excluding hydrogens is 338 g/mol. The summed E-state index contributed by atoms with van der Waals surface area (Å²) < 4.78 is 10.5. The highest BCUT2D eigenvalue weighted by atomic mass is 16.7. The van der Waals surface area contributed by atoms with Crippen molar-refractivity contribution in [2.75, 3.05) is 7.05 Å². The molecule has 134 valence electrons. The normalized spacial score (nSPS) is 28.1. The van der Waals surface area contributed by atoms with E-state index in [1.165, 1.54) is 6.26 Å². The molecule has 1 saturated heterocycles. The van der Waals surface area contributed by atoms with E-state index in [1.54, 1.807) is 43.1 Å². The number of cyclic esters (lactones) is 1. The molecule has 2 aliphatic heterocycles. The minimum Gasteiger partial charge on any atom is -0.478 e. The van der Waals surface area contributed by atoms with Crippen molar-refractivity contribution in [2.24, 2.45) is 5.92 Å². The molecule has 1 aliphatic carbocycles. The number of ether oxygens (including phenoxy) is 2. The molecule has 0 saturated carbocycles. The van der Waals surface area contributed by atoms with Crippen LogP contribution in [0.3, 0.4) is 0 Å². The first-order valence-corrected chi connectivity index (χ1v) is 8.25. The summed E-state index contributed by atoms with van der Waals surface area (Å²) in [5.74, 6) is -1.71. The zero-order valence-electron chi connectivity index (χ0n) is 14.3. The molecule has 2 heterocycles. The van der Waals surface area contributed by atoms with Gasteiger partial charge in [-0.15, -0.1) is 0 Å². The predicted octanol–water partition coefficient (Wildman–Crippen LogP) is 1.80. The van der Waals surface area contributed by atoms with Crippen LogP contribution in [0, 0.1) is 5.92 Å². The summed E-state index contributed by atoms with van der Waals surface area (Å²) in [7, 11) is 1.70. The zero-order valence-corrected chi connectivity index (χ0v) is 14.3. The van der Waals surface area contributed by atoms with Gasteiger partial charge in [-0.2, -0.15) is 0 Å². The highest BCUT2D eigenvalue weighted by Crippen LogP contribution is 2.49. The summed E-state index contributed by atoms with van der Waals surface area (Å²) in [6, 6.07) is 4.81. The first kappa shape index (κ1) is 16.4. The summed E-state index contributed by atoms with van der Waals surface area (Å²) in [6.07, 6.45) is 2.74. The topological polar surface area (TPSA) is 93.1 Å². The van der Waals surface area contributed by atoms with Crippen molar-refractivity contribution < 1.29 is 29.0 Å². The Hall–Kier alpha value is -3.09. The van der Waals surface area contributed by atoms with Crippen LogP contribution in [0.25, 0.3) is 0 Å². The summed E-state index contributed by atoms with van der Waals surface area (Å²) in [4.78, 5) is 36.9. The molecule has 7 heteroatoms. The minimum absolute atomic E-state index is 0.117. The van der Waals surface area contributed by atoms with Gasteiger partial charge < -0.3 is 19.5 Å². The molecular formula is C19H17NO6. The average molecular weight is 355 g/mol. The lowest BCUT2D eigenvalue weighted by Gasteiger charge is -2.19. The quantitative estimate of drug-likeness (QED) is 0.505. The second kappa shape index (κ2) is 5.72. The molecule has 0 aromatic heterocycles. The monoisotopic (exact) mass is 355 g/mol. The van der Waals surface area contributed by atoms with E-state index in [2.05, 4.69) is 0 Å². The van der Waals surface area contributed by atoms with Crippen molar-refractivity contribution in [1.82, 2.24) is 4.90 Å². The lowest BCUT2D eigenvalue weighted by Crippen LogP contribution is -2.23. The fourth-order valence-corrected chi connectivity index (χ4v) is 3.85. The van der Waals surface area contributed by atoms with Gasteiger partial charge in [0, 0.05) is 24.6 Å². The van der Waals surface area contributed by atoms with E-state index in [9.17, 15) is 19.5 Å². The minimum atomic E-state index is -0.993. The molecule has 1 N–H and O–H groups in total. The number of fused-ring (bicyclic) bond motifs is 3. The van der Waals surface area contributed by atoms with Crippen LogP contribution in [-0.2, 0) is 25.5 Å². The van der Waals surface area contributed by atoms with Crippen LogP contribution in [-0.4, -0.2) is 41.2 Å². The fourth-order valence-electron chi connectivity index (χ4n) is 3.85. The zero-order chi connectivity index (χ0) is 18.6. The third-order valence-electron chi connectivity index (χ3n) is 5.18. The second-order valence-corrected chi connectivity index (χ2v) is 6.72. The number of rotatable bonds is 3. The van der Waals surface area contributed by atoms with Crippen molar-refractivity contribution in [3.05, 3.63) is 58.4 Å². The van der Waals surface area contributed by atoms with Gasteiger partial charge in [-0.1, -0.05) is 6.07 Å². The second-order valence-electron chi connectivity index (χ2n) is 6.72. The molecule has 0 unspecified atom stereocenters. The third kappa shape index (κ3) is 2.39. The van der Waals surface area contributed by atoms with Gasteiger partial charge in [0.15, 0.2) is 0 Å². The van der Waals surface area contributed by atoms with Crippen LogP contribution in [0.1, 0.15) is 34.5 Å². The maximum absolute atomic E-state index is 12.6. The summed E-state index contributed by atoms with van der Waals surface area (Å²) in [5, 5.41) is 9.22. The molecule has 26 heavy (non-hydrogen) atoms. The summed E-state index contributed by atoms with van der Waals surface area (Å²) >= 11 is 0. The van der Waals surface area contributed by atoms with Gasteiger partial charge in [-0.3, -0.25) is 4.79 Å². The molecule has 0 spiro atoms. The molecule has 0 bridgehead atoms. The van der Waals surface area contributed by atoms with Crippen molar-refractivity contribution in [1.29, 1.82) is 0 Å². The Morgan fingerprint density at radius 3 is 2.81 bits per heavy atom. The van der Waals surface area contributed by atoms with Crippen LogP contribution in [0.2, 0.25) is 0 Å². The number of likely N-dealkylation sites (tertiary alicyclic amines) is 1. The number of hydrogen-bond donors (Lipinski definition) is 1. The van der Waals surface area contributed by atoms with E-state index in [1.807, 2.05) is 0 Å². The third-order valence-corrected chi connectivity index (χ3v) is 5.18. The van der Waals surface area contributed by atoms with Gasteiger partial charge in [-0.25, -0.2) is 9.59 Å². The van der Waals surface area contributed by atoms with Crippen molar-refractivity contribution in [2.45, 2.75) is 25.7 Å². The molecule has 1 fully saturated rings. The number of nitrogens with zero attached hydrogens (tertiary/aromatic N) is 1. The van der Waals surface area contributed by atoms with Crippen molar-refractivity contribution in [3.63, 3.8) is 0 Å². The molecule has 3 atom stereocenters. The standard InChI is InChI=1S/C19H17NO6/c1-9-5-15(26-19(9)24)25-8-14-13-6-10-3-4-11(18(22)23)7-12(10)16(13)20(2)17(14)21/h3-5,7-8,13,15-16H,6H2,1-2H3,(H,22,23)/t13-,15-,16+/m1/s1. The number of carboxylic acids is 1. The smallest absolute Gasteiger partial charge is 0.336 e. The van der Waals surface area contributed by atoms with E-state index in [4.69, 9.17) is 9.47 Å². The van der Waals surface area contributed by atoms with Crippen LogP contribution in [0.4, 0.5) is 0 Å². The van der Waals surface area contributed by atoms with Gasteiger partial charge >= 0.3 is 11.9 Å². The number of amides is 1. The highest BCUT2D eigenvalue weighted by Gasteiger charge is 2.48. The maximum Gasteiger partial charge on any atom is 0.336 e. The molecule has 3 aliphatic rings. The Morgan fingerprint density at radius 2 is 2.15 bits per heavy atom. The first-order valence-electron chi connectivity index (χ1n) is 8.25. The lowest BCUT2D eigenvalue weighted by molar-refractivity contribution is -0.152. The Balaban J connectivity index is 1.62. The molecule has 4 rings (SSSR count). The van der Waals surface area contributed by atoms with Gasteiger partial charge in [0.05, 0.1) is 23.4 Å². The van der Waals surface area contributed by atoms with E-state index in [-0.39, 0.29) is 23.4 Å². The molecule has 1 aromatic rings. The van der Waals surface area contributed by atoms with Crippen LogP contribution in [0.5, 0.6) is 0 Å². The number of aromatic carboxylic acids is 1. The fraction of sp³-hybridized carbons (Fsp3) is 0.316. The number of hydrogen-bond acceptors (Lipinski definition) is 5. The van der Waals surface area contributed by atoms with Gasteiger partial charge in [-0.05, 0) is 36.6 Å².